The number of halogens is 1. The molecule has 0 aliphatic rings. The molecule has 0 atom stereocenters. The minimum atomic E-state index is -3.47. The molecule has 0 aliphatic heterocycles. The third-order valence-corrected chi connectivity index (χ3v) is 6.86. The lowest BCUT2D eigenvalue weighted by Gasteiger charge is -2.12. The van der Waals surface area contributed by atoms with Crippen molar-refractivity contribution in [3.05, 3.63) is 71.9 Å². The summed E-state index contributed by atoms with van der Waals surface area (Å²) in [6.45, 7) is 1.03. The summed E-state index contributed by atoms with van der Waals surface area (Å²) >= 11 is 6.38. The van der Waals surface area contributed by atoms with E-state index in [0.29, 0.717) is 24.5 Å². The predicted octanol–water partition coefficient (Wildman–Crippen LogP) is 2.48. The fourth-order valence-corrected chi connectivity index (χ4v) is 4.69. The number of unbranched alkanes of at least 4 members (excludes halogenated alkanes) is 1. The lowest BCUT2D eigenvalue weighted by molar-refractivity contribution is 0.577. The van der Waals surface area contributed by atoms with Crippen LogP contribution in [-0.2, 0) is 10.0 Å². The Labute approximate surface area is 193 Å². The number of nitrogens with zero attached hydrogens (tertiary/aromatic N) is 3. The number of sulfonamides is 1. The second kappa shape index (κ2) is 9.73. The monoisotopic (exact) mass is 467 g/mol. The standard InChI is InChI=1S/C22H23BClN5O2S/c23-18-15-26-29-21(14-20(28-22(18)29)17-10-4-5-11-19(17)24)25-12-6-7-13-27-32(30,31)16-8-2-1-3-9-16/h1-5,8-11,14-15,25,27H,6-7,12-13,23H2. The quantitative estimate of drug-likeness (QED) is 0.292. The summed E-state index contributed by atoms with van der Waals surface area (Å²) in [5.41, 5.74) is 3.36. The van der Waals surface area contributed by atoms with Gasteiger partial charge in [-0.15, -0.1) is 0 Å². The van der Waals surface area contributed by atoms with Gasteiger partial charge in [0, 0.05) is 35.9 Å². The van der Waals surface area contributed by atoms with Crippen molar-refractivity contribution in [2.45, 2.75) is 17.7 Å². The van der Waals surface area contributed by atoms with Crippen LogP contribution in [0.2, 0.25) is 5.02 Å². The van der Waals surface area contributed by atoms with Gasteiger partial charge in [-0.25, -0.2) is 18.1 Å². The van der Waals surface area contributed by atoms with Crippen LogP contribution in [0, 0.1) is 0 Å². The van der Waals surface area contributed by atoms with Gasteiger partial charge in [0.25, 0.3) is 0 Å². The Morgan fingerprint density at radius 3 is 2.50 bits per heavy atom. The van der Waals surface area contributed by atoms with Crippen LogP contribution < -0.4 is 15.5 Å². The fourth-order valence-electron chi connectivity index (χ4n) is 3.36. The van der Waals surface area contributed by atoms with Crippen LogP contribution in [0.15, 0.2) is 71.8 Å². The molecule has 32 heavy (non-hydrogen) atoms. The summed E-state index contributed by atoms with van der Waals surface area (Å²) in [7, 11) is -1.50. The number of hydrogen-bond acceptors (Lipinski definition) is 5. The Morgan fingerprint density at radius 1 is 1.00 bits per heavy atom. The van der Waals surface area contributed by atoms with Gasteiger partial charge < -0.3 is 5.32 Å². The van der Waals surface area contributed by atoms with Gasteiger partial charge in [0.15, 0.2) is 5.65 Å². The first-order valence-corrected chi connectivity index (χ1v) is 12.2. The van der Waals surface area contributed by atoms with Crippen molar-refractivity contribution in [2.75, 3.05) is 18.4 Å². The average molecular weight is 468 g/mol. The van der Waals surface area contributed by atoms with Gasteiger partial charge in [0.05, 0.1) is 10.6 Å². The Bertz CT molecular complexity index is 1330. The van der Waals surface area contributed by atoms with Crippen molar-refractivity contribution in [2.24, 2.45) is 0 Å². The highest BCUT2D eigenvalue weighted by Gasteiger charge is 2.13. The van der Waals surface area contributed by atoms with Crippen molar-refractivity contribution in [3.63, 3.8) is 0 Å². The van der Waals surface area contributed by atoms with Crippen molar-refractivity contribution in [1.82, 2.24) is 19.3 Å². The summed E-state index contributed by atoms with van der Waals surface area (Å²) in [4.78, 5) is 5.02. The Morgan fingerprint density at radius 2 is 1.72 bits per heavy atom. The van der Waals surface area contributed by atoms with Crippen LogP contribution in [0.25, 0.3) is 16.9 Å². The number of benzene rings is 2. The van der Waals surface area contributed by atoms with Crippen LogP contribution in [-0.4, -0.2) is 44.0 Å². The summed E-state index contributed by atoms with van der Waals surface area (Å²) in [6, 6.07) is 17.9. The van der Waals surface area contributed by atoms with E-state index in [1.165, 1.54) is 0 Å². The molecule has 2 aromatic carbocycles. The molecule has 10 heteroatoms. The molecule has 0 saturated heterocycles. The molecule has 0 saturated carbocycles. The number of anilines is 1. The molecule has 0 unspecified atom stereocenters. The topological polar surface area (TPSA) is 88.4 Å². The van der Waals surface area contributed by atoms with E-state index in [0.717, 1.165) is 34.6 Å². The molecule has 0 amide bonds. The normalized spacial score (nSPS) is 11.7. The highest BCUT2D eigenvalue weighted by atomic mass is 35.5. The highest BCUT2D eigenvalue weighted by molar-refractivity contribution is 7.89. The van der Waals surface area contributed by atoms with Gasteiger partial charge in [-0.3, -0.25) is 0 Å². The fraction of sp³-hybridized carbons (Fsp3) is 0.182. The minimum Gasteiger partial charge on any atom is -0.370 e. The first kappa shape index (κ1) is 22.3. The molecule has 0 fully saturated rings. The number of nitrogens with one attached hydrogen (secondary N) is 2. The number of aromatic nitrogens is 3. The molecule has 0 spiro atoms. The van der Waals surface area contributed by atoms with Crippen molar-refractivity contribution in [3.8, 4) is 11.3 Å². The van der Waals surface area contributed by atoms with Gasteiger partial charge in [-0.1, -0.05) is 48.0 Å². The number of hydrogen-bond donors (Lipinski definition) is 2. The third-order valence-electron chi connectivity index (χ3n) is 5.05. The van der Waals surface area contributed by atoms with E-state index in [4.69, 9.17) is 16.6 Å². The molecule has 2 N–H and O–H groups in total. The minimum absolute atomic E-state index is 0.276. The molecule has 4 rings (SSSR count). The van der Waals surface area contributed by atoms with E-state index in [1.807, 2.05) is 38.2 Å². The Balaban J connectivity index is 1.40. The van der Waals surface area contributed by atoms with E-state index in [9.17, 15) is 8.42 Å². The molecule has 2 heterocycles. The number of rotatable bonds is 9. The van der Waals surface area contributed by atoms with Gasteiger partial charge in [0.2, 0.25) is 10.0 Å². The van der Waals surface area contributed by atoms with E-state index in [-0.39, 0.29) is 4.90 Å². The van der Waals surface area contributed by atoms with E-state index >= 15 is 0 Å². The second-order valence-electron chi connectivity index (χ2n) is 7.41. The van der Waals surface area contributed by atoms with Crippen molar-refractivity contribution < 1.29 is 8.42 Å². The van der Waals surface area contributed by atoms with E-state index < -0.39 is 10.0 Å². The second-order valence-corrected chi connectivity index (χ2v) is 9.59. The Hall–Kier alpha value is -2.88. The van der Waals surface area contributed by atoms with Crippen LogP contribution in [0.5, 0.6) is 0 Å². The van der Waals surface area contributed by atoms with Crippen molar-refractivity contribution >= 4 is 46.4 Å². The van der Waals surface area contributed by atoms with Gasteiger partial charge in [-0.2, -0.15) is 9.61 Å². The Kier molecular flexibility index (Phi) is 6.79. The maximum atomic E-state index is 12.3. The molecule has 0 aliphatic carbocycles. The molecule has 0 bridgehead atoms. The zero-order valence-electron chi connectivity index (χ0n) is 17.6. The molecular weight excluding hydrogens is 445 g/mol. The van der Waals surface area contributed by atoms with E-state index in [2.05, 4.69) is 15.1 Å². The molecule has 7 nitrogen and oxygen atoms in total. The van der Waals surface area contributed by atoms with Gasteiger partial charge >= 0.3 is 0 Å². The van der Waals surface area contributed by atoms with Crippen LogP contribution in [0.4, 0.5) is 5.82 Å². The third kappa shape index (κ3) is 4.95. The molecular formula is C22H23BClN5O2S. The summed E-state index contributed by atoms with van der Waals surface area (Å²) < 4.78 is 29.0. The molecule has 4 aromatic rings. The largest absolute Gasteiger partial charge is 0.370 e. The van der Waals surface area contributed by atoms with Crippen LogP contribution in [0.3, 0.4) is 0 Å². The molecule has 2 aromatic heterocycles. The van der Waals surface area contributed by atoms with E-state index in [1.54, 1.807) is 41.0 Å². The lowest BCUT2D eigenvalue weighted by Crippen LogP contribution is -2.25. The smallest absolute Gasteiger partial charge is 0.240 e. The summed E-state index contributed by atoms with van der Waals surface area (Å²) in [5, 5.41) is 8.46. The van der Waals surface area contributed by atoms with Crippen molar-refractivity contribution in [1.29, 1.82) is 0 Å². The maximum Gasteiger partial charge on any atom is 0.240 e. The molecule has 0 radical (unpaired) electrons. The lowest BCUT2D eigenvalue weighted by atomic mass is 10.0. The predicted molar refractivity (Wildman–Crippen MR) is 131 cm³/mol. The average Bonchev–Trinajstić information content (AvgIpc) is 3.18. The first-order chi connectivity index (χ1) is 15.5. The maximum absolute atomic E-state index is 12.3. The highest BCUT2D eigenvalue weighted by Crippen LogP contribution is 2.28. The first-order valence-electron chi connectivity index (χ1n) is 10.3. The summed E-state index contributed by atoms with van der Waals surface area (Å²) in [5.74, 6) is 0.808. The zero-order chi connectivity index (χ0) is 22.6. The van der Waals surface area contributed by atoms with Crippen LogP contribution >= 0.6 is 11.6 Å². The number of fused-ring (bicyclic) bond motifs is 1. The van der Waals surface area contributed by atoms with Crippen LogP contribution in [0.1, 0.15) is 12.8 Å². The zero-order valence-corrected chi connectivity index (χ0v) is 19.2. The molecule has 164 valence electrons. The van der Waals surface area contributed by atoms with Gasteiger partial charge in [0.1, 0.15) is 13.7 Å². The van der Waals surface area contributed by atoms with Gasteiger partial charge in [-0.05, 0) is 36.5 Å². The summed E-state index contributed by atoms with van der Waals surface area (Å²) in [6.07, 6.45) is 3.26. The SMILES string of the molecule is Bc1cnn2c(NCCCCNS(=O)(=O)c3ccccc3)cc(-c3ccccc3Cl)nc12.